The summed E-state index contributed by atoms with van der Waals surface area (Å²) >= 11 is 0. The smallest absolute Gasteiger partial charge is 0.234 e. The molecule has 21 heavy (non-hydrogen) atoms. The van der Waals surface area contributed by atoms with Crippen molar-refractivity contribution in [3.63, 3.8) is 0 Å². The molecule has 0 bridgehead atoms. The van der Waals surface area contributed by atoms with Crippen LogP contribution in [0.2, 0.25) is 0 Å². The predicted molar refractivity (Wildman–Crippen MR) is 86.2 cm³/mol. The molecule has 1 aromatic rings. The number of likely N-dealkylation sites (N-methyl/N-ethyl adjacent to an activating group) is 1. The highest BCUT2D eigenvalue weighted by Crippen LogP contribution is 2.18. The number of aryl methyl sites for hydroxylation is 1. The van der Waals surface area contributed by atoms with Gasteiger partial charge in [0.05, 0.1) is 6.54 Å². The van der Waals surface area contributed by atoms with Gasteiger partial charge in [0.15, 0.2) is 0 Å². The summed E-state index contributed by atoms with van der Waals surface area (Å²) in [5, 5.41) is 3.02. The minimum Gasteiger partial charge on any atom is -0.351 e. The molecule has 1 fully saturated rings. The van der Waals surface area contributed by atoms with Crippen molar-refractivity contribution in [3.05, 3.63) is 35.4 Å². The summed E-state index contributed by atoms with van der Waals surface area (Å²) in [5.74, 6) is 0.108. The average Bonchev–Trinajstić information content (AvgIpc) is 2.40. The first-order valence-corrected chi connectivity index (χ1v) is 7.63. The molecular formula is C17H27N3O. The van der Waals surface area contributed by atoms with Crippen LogP contribution in [0.3, 0.4) is 0 Å². The molecule has 0 aliphatic carbocycles. The van der Waals surface area contributed by atoms with Gasteiger partial charge in [0, 0.05) is 31.7 Å². The third-order valence-electron chi connectivity index (χ3n) is 4.33. The van der Waals surface area contributed by atoms with Crippen molar-refractivity contribution in [1.29, 1.82) is 0 Å². The van der Waals surface area contributed by atoms with Crippen LogP contribution < -0.4 is 5.32 Å². The Kier molecular flexibility index (Phi) is 5.01. The van der Waals surface area contributed by atoms with Gasteiger partial charge in [-0.1, -0.05) is 29.8 Å². The molecular weight excluding hydrogens is 262 g/mol. The highest BCUT2D eigenvalue weighted by molar-refractivity contribution is 5.78. The normalized spacial score (nSPS) is 19.4. The Labute approximate surface area is 128 Å². The van der Waals surface area contributed by atoms with Crippen molar-refractivity contribution < 1.29 is 4.79 Å². The summed E-state index contributed by atoms with van der Waals surface area (Å²) in [4.78, 5) is 16.7. The zero-order chi connectivity index (χ0) is 15.5. The molecule has 4 nitrogen and oxygen atoms in total. The second-order valence-corrected chi connectivity index (χ2v) is 6.71. The van der Waals surface area contributed by atoms with Crippen molar-refractivity contribution in [3.8, 4) is 0 Å². The van der Waals surface area contributed by atoms with E-state index >= 15 is 0 Å². The van der Waals surface area contributed by atoms with Gasteiger partial charge in [-0.05, 0) is 33.4 Å². The molecule has 1 aromatic carbocycles. The lowest BCUT2D eigenvalue weighted by Crippen LogP contribution is -2.58. The SMILES string of the molecule is Cc1cccc(CNC(=O)CN2CCN(C)C(C)(C)C2)c1. The Morgan fingerprint density at radius 2 is 2.10 bits per heavy atom. The molecule has 1 aliphatic heterocycles. The fraction of sp³-hybridized carbons (Fsp3) is 0.588. The summed E-state index contributed by atoms with van der Waals surface area (Å²) in [6, 6.07) is 8.25. The molecule has 1 saturated heterocycles. The molecule has 0 atom stereocenters. The van der Waals surface area contributed by atoms with E-state index in [-0.39, 0.29) is 11.4 Å². The van der Waals surface area contributed by atoms with E-state index in [1.54, 1.807) is 0 Å². The highest BCUT2D eigenvalue weighted by atomic mass is 16.2. The van der Waals surface area contributed by atoms with Crippen LogP contribution >= 0.6 is 0 Å². The van der Waals surface area contributed by atoms with E-state index in [2.05, 4.69) is 55.1 Å². The number of amides is 1. The Morgan fingerprint density at radius 3 is 2.76 bits per heavy atom. The highest BCUT2D eigenvalue weighted by Gasteiger charge is 2.31. The van der Waals surface area contributed by atoms with E-state index in [0.29, 0.717) is 13.1 Å². The Hall–Kier alpha value is -1.39. The number of hydrogen-bond acceptors (Lipinski definition) is 3. The van der Waals surface area contributed by atoms with Crippen LogP contribution in [-0.4, -0.2) is 54.5 Å². The quantitative estimate of drug-likeness (QED) is 0.915. The van der Waals surface area contributed by atoms with Crippen molar-refractivity contribution in [1.82, 2.24) is 15.1 Å². The lowest BCUT2D eigenvalue weighted by Gasteiger charge is -2.45. The van der Waals surface area contributed by atoms with Crippen LogP contribution in [0.15, 0.2) is 24.3 Å². The van der Waals surface area contributed by atoms with E-state index in [1.165, 1.54) is 5.56 Å². The lowest BCUT2D eigenvalue weighted by molar-refractivity contribution is -0.123. The number of nitrogens with zero attached hydrogens (tertiary/aromatic N) is 2. The Morgan fingerprint density at radius 1 is 1.33 bits per heavy atom. The Balaban J connectivity index is 1.80. The van der Waals surface area contributed by atoms with Gasteiger partial charge in [0.25, 0.3) is 0 Å². The summed E-state index contributed by atoms with van der Waals surface area (Å²) in [5.41, 5.74) is 2.51. The van der Waals surface area contributed by atoms with Crippen LogP contribution in [0.4, 0.5) is 0 Å². The van der Waals surface area contributed by atoms with Crippen LogP contribution in [0.5, 0.6) is 0 Å². The predicted octanol–water partition coefficient (Wildman–Crippen LogP) is 1.64. The largest absolute Gasteiger partial charge is 0.351 e. The molecule has 0 aromatic heterocycles. The van der Waals surface area contributed by atoms with Gasteiger partial charge < -0.3 is 5.32 Å². The Bertz CT molecular complexity index is 499. The van der Waals surface area contributed by atoms with Crippen LogP contribution in [0, 0.1) is 6.92 Å². The second-order valence-electron chi connectivity index (χ2n) is 6.71. The number of piperazine rings is 1. The first-order chi connectivity index (χ1) is 9.87. The fourth-order valence-corrected chi connectivity index (χ4v) is 2.76. The molecule has 1 amide bonds. The zero-order valence-electron chi connectivity index (χ0n) is 13.6. The molecule has 0 unspecified atom stereocenters. The van der Waals surface area contributed by atoms with Gasteiger partial charge >= 0.3 is 0 Å². The van der Waals surface area contributed by atoms with E-state index in [1.807, 2.05) is 12.1 Å². The average molecular weight is 289 g/mol. The molecule has 4 heteroatoms. The summed E-state index contributed by atoms with van der Waals surface area (Å²) < 4.78 is 0. The third kappa shape index (κ3) is 4.55. The molecule has 1 heterocycles. The van der Waals surface area contributed by atoms with Crippen LogP contribution in [0.1, 0.15) is 25.0 Å². The molecule has 0 spiro atoms. The van der Waals surface area contributed by atoms with Crippen LogP contribution in [0.25, 0.3) is 0 Å². The molecule has 116 valence electrons. The standard InChI is InChI=1S/C17H27N3O/c1-14-6-5-7-15(10-14)11-18-16(21)12-20-9-8-19(4)17(2,3)13-20/h5-7,10H,8-9,11-13H2,1-4H3,(H,18,21). The maximum Gasteiger partial charge on any atom is 0.234 e. The molecule has 0 radical (unpaired) electrons. The molecule has 1 aliphatic rings. The molecule has 0 saturated carbocycles. The summed E-state index contributed by atoms with van der Waals surface area (Å²) in [6.07, 6.45) is 0. The topological polar surface area (TPSA) is 35.6 Å². The first kappa shape index (κ1) is 16.0. The van der Waals surface area contributed by atoms with Crippen molar-refractivity contribution >= 4 is 5.91 Å². The van der Waals surface area contributed by atoms with Crippen LogP contribution in [-0.2, 0) is 11.3 Å². The number of nitrogens with one attached hydrogen (secondary N) is 1. The number of benzene rings is 1. The fourth-order valence-electron chi connectivity index (χ4n) is 2.76. The van der Waals surface area contributed by atoms with Gasteiger partial charge in [-0.3, -0.25) is 14.6 Å². The van der Waals surface area contributed by atoms with E-state index < -0.39 is 0 Å². The number of carbonyl (C=O) groups is 1. The number of rotatable bonds is 4. The third-order valence-corrected chi connectivity index (χ3v) is 4.33. The first-order valence-electron chi connectivity index (χ1n) is 7.63. The molecule has 1 N–H and O–H groups in total. The minimum absolute atomic E-state index is 0.108. The van der Waals surface area contributed by atoms with Crippen molar-refractivity contribution in [2.45, 2.75) is 32.9 Å². The lowest BCUT2D eigenvalue weighted by atomic mass is 10.00. The van der Waals surface area contributed by atoms with Crippen molar-refractivity contribution in [2.75, 3.05) is 33.2 Å². The maximum atomic E-state index is 12.1. The zero-order valence-corrected chi connectivity index (χ0v) is 13.6. The van der Waals surface area contributed by atoms with E-state index in [0.717, 1.165) is 25.2 Å². The van der Waals surface area contributed by atoms with Gasteiger partial charge in [-0.25, -0.2) is 0 Å². The van der Waals surface area contributed by atoms with Gasteiger partial charge in [0.1, 0.15) is 0 Å². The monoisotopic (exact) mass is 289 g/mol. The van der Waals surface area contributed by atoms with E-state index in [9.17, 15) is 4.79 Å². The summed E-state index contributed by atoms with van der Waals surface area (Å²) in [6.45, 7) is 10.5. The number of hydrogen-bond donors (Lipinski definition) is 1. The van der Waals surface area contributed by atoms with E-state index in [4.69, 9.17) is 0 Å². The minimum atomic E-state index is 0.108. The van der Waals surface area contributed by atoms with Gasteiger partial charge in [-0.15, -0.1) is 0 Å². The second kappa shape index (κ2) is 6.58. The number of carbonyl (C=O) groups excluding carboxylic acids is 1. The van der Waals surface area contributed by atoms with Gasteiger partial charge in [0.2, 0.25) is 5.91 Å². The van der Waals surface area contributed by atoms with Gasteiger partial charge in [-0.2, -0.15) is 0 Å². The van der Waals surface area contributed by atoms with Crippen molar-refractivity contribution in [2.24, 2.45) is 0 Å². The maximum absolute atomic E-state index is 12.1. The molecule has 2 rings (SSSR count). The summed E-state index contributed by atoms with van der Waals surface area (Å²) in [7, 11) is 2.15.